The van der Waals surface area contributed by atoms with Crippen molar-refractivity contribution in [1.29, 1.82) is 0 Å². The van der Waals surface area contributed by atoms with Gasteiger partial charge in [-0.1, -0.05) is 25.1 Å². The number of urea groups is 1. The number of carbonyl (C=O) groups excluding carboxylic acids is 3. The molecule has 9 heteroatoms. The van der Waals surface area contributed by atoms with Crippen LogP contribution in [0.25, 0.3) is 0 Å². The zero-order valence-electron chi connectivity index (χ0n) is 20.9. The Hall–Kier alpha value is -3.59. The van der Waals surface area contributed by atoms with Crippen LogP contribution in [0.4, 0.5) is 16.2 Å². The summed E-state index contributed by atoms with van der Waals surface area (Å²) < 4.78 is 11.7. The molecular formula is C26H34N4O5. The van der Waals surface area contributed by atoms with Gasteiger partial charge in [0.25, 0.3) is 5.91 Å². The van der Waals surface area contributed by atoms with Crippen LogP contribution in [0.1, 0.15) is 31.1 Å². The molecule has 9 nitrogen and oxygen atoms in total. The summed E-state index contributed by atoms with van der Waals surface area (Å²) in [5, 5.41) is 5.53. The number of fused-ring (bicyclic) bond motifs is 1. The predicted octanol–water partition coefficient (Wildman–Crippen LogP) is 3.68. The maximum Gasteiger partial charge on any atom is 0.323 e. The standard InChI is InChI=1S/C26H34N4O5/c1-17-14-30(19(3)31)18(2)16-35-23-13-21(28-26(33)27-20-9-7-6-8-10-20)11-12-22(23)25(32)29(4)15-24(17)34-5/h6-13,17-18,24H,14-16H2,1-5H3,(H2,27,28,33)/t17-,18+,24+/m1/s1. The summed E-state index contributed by atoms with van der Waals surface area (Å²) in [5.74, 6) is 0.0659. The van der Waals surface area contributed by atoms with Crippen LogP contribution in [0, 0.1) is 5.92 Å². The lowest BCUT2D eigenvalue weighted by molar-refractivity contribution is -0.133. The third-order valence-corrected chi connectivity index (χ3v) is 6.14. The average molecular weight is 483 g/mol. The van der Waals surface area contributed by atoms with E-state index in [0.29, 0.717) is 35.8 Å². The molecule has 0 unspecified atom stereocenters. The number of methoxy groups -OCH3 is 1. The van der Waals surface area contributed by atoms with Crippen LogP contribution in [0.3, 0.4) is 0 Å². The van der Waals surface area contributed by atoms with Gasteiger partial charge in [0.05, 0.1) is 17.7 Å². The van der Waals surface area contributed by atoms with Crippen LogP contribution in [-0.2, 0) is 9.53 Å². The number of anilines is 2. The second-order valence-electron chi connectivity index (χ2n) is 8.92. The minimum absolute atomic E-state index is 0.00944. The van der Waals surface area contributed by atoms with Crippen LogP contribution in [0.15, 0.2) is 48.5 Å². The molecule has 1 aliphatic rings. The number of amides is 4. The number of nitrogens with one attached hydrogen (secondary N) is 2. The number of hydrogen-bond acceptors (Lipinski definition) is 5. The molecule has 2 N–H and O–H groups in total. The molecule has 35 heavy (non-hydrogen) atoms. The van der Waals surface area contributed by atoms with Gasteiger partial charge in [-0.2, -0.15) is 0 Å². The summed E-state index contributed by atoms with van der Waals surface area (Å²) in [7, 11) is 3.32. The Bertz CT molecular complexity index is 1050. The Morgan fingerprint density at radius 3 is 2.37 bits per heavy atom. The number of rotatable bonds is 3. The fourth-order valence-corrected chi connectivity index (χ4v) is 4.10. The van der Waals surface area contributed by atoms with Gasteiger partial charge in [0.1, 0.15) is 12.4 Å². The molecule has 1 heterocycles. The fourth-order valence-electron chi connectivity index (χ4n) is 4.10. The predicted molar refractivity (Wildman–Crippen MR) is 135 cm³/mol. The Kier molecular flexibility index (Phi) is 8.70. The van der Waals surface area contributed by atoms with Crippen molar-refractivity contribution < 1.29 is 23.9 Å². The lowest BCUT2D eigenvalue weighted by Gasteiger charge is -2.35. The number of carbonyl (C=O) groups is 3. The summed E-state index contributed by atoms with van der Waals surface area (Å²) >= 11 is 0. The van der Waals surface area contributed by atoms with Crippen molar-refractivity contribution in [2.75, 3.05) is 44.5 Å². The molecule has 0 spiro atoms. The molecule has 3 rings (SSSR count). The molecule has 0 bridgehead atoms. The van der Waals surface area contributed by atoms with E-state index in [9.17, 15) is 14.4 Å². The third kappa shape index (κ3) is 6.73. The van der Waals surface area contributed by atoms with Crippen LogP contribution in [0.5, 0.6) is 5.75 Å². The van der Waals surface area contributed by atoms with Gasteiger partial charge >= 0.3 is 6.03 Å². The lowest BCUT2D eigenvalue weighted by atomic mass is 10.0. The lowest BCUT2D eigenvalue weighted by Crippen LogP contribution is -2.48. The van der Waals surface area contributed by atoms with Crippen molar-refractivity contribution in [3.63, 3.8) is 0 Å². The summed E-state index contributed by atoms with van der Waals surface area (Å²) in [6, 6.07) is 13.4. The van der Waals surface area contributed by atoms with E-state index in [2.05, 4.69) is 10.6 Å². The number of benzene rings is 2. The van der Waals surface area contributed by atoms with Gasteiger partial charge in [0, 0.05) is 57.5 Å². The van der Waals surface area contributed by atoms with E-state index in [1.165, 1.54) is 6.92 Å². The highest BCUT2D eigenvalue weighted by atomic mass is 16.5. The van der Waals surface area contributed by atoms with E-state index < -0.39 is 6.03 Å². The van der Waals surface area contributed by atoms with E-state index in [1.54, 1.807) is 54.3 Å². The highest BCUT2D eigenvalue weighted by Gasteiger charge is 2.29. The van der Waals surface area contributed by atoms with Crippen molar-refractivity contribution in [3.05, 3.63) is 54.1 Å². The van der Waals surface area contributed by atoms with Gasteiger partial charge in [-0.25, -0.2) is 4.79 Å². The monoisotopic (exact) mass is 482 g/mol. The van der Waals surface area contributed by atoms with Crippen LogP contribution >= 0.6 is 0 Å². The molecule has 1 aliphatic heterocycles. The summed E-state index contributed by atoms with van der Waals surface area (Å²) in [6.45, 7) is 6.48. The van der Waals surface area contributed by atoms with Gasteiger partial charge in [-0.3, -0.25) is 9.59 Å². The van der Waals surface area contributed by atoms with Crippen molar-refractivity contribution in [2.24, 2.45) is 5.92 Å². The maximum atomic E-state index is 13.3. The van der Waals surface area contributed by atoms with Gasteiger partial charge in [0.15, 0.2) is 0 Å². The van der Waals surface area contributed by atoms with Crippen LogP contribution in [0.2, 0.25) is 0 Å². The van der Waals surface area contributed by atoms with Crippen LogP contribution < -0.4 is 15.4 Å². The van der Waals surface area contributed by atoms with Gasteiger partial charge in [-0.15, -0.1) is 0 Å². The smallest absolute Gasteiger partial charge is 0.323 e. The molecule has 0 fully saturated rings. The minimum atomic E-state index is -0.416. The highest BCUT2D eigenvalue weighted by Crippen LogP contribution is 2.27. The molecule has 0 aromatic heterocycles. The van der Waals surface area contributed by atoms with Gasteiger partial charge in [-0.05, 0) is 31.2 Å². The van der Waals surface area contributed by atoms with Crippen molar-refractivity contribution >= 4 is 29.2 Å². The minimum Gasteiger partial charge on any atom is -0.491 e. The average Bonchev–Trinajstić information content (AvgIpc) is 2.83. The number of nitrogens with zero attached hydrogens (tertiary/aromatic N) is 2. The molecule has 4 amide bonds. The first-order valence-corrected chi connectivity index (χ1v) is 11.6. The first-order valence-electron chi connectivity index (χ1n) is 11.6. The largest absolute Gasteiger partial charge is 0.491 e. The third-order valence-electron chi connectivity index (χ3n) is 6.14. The van der Waals surface area contributed by atoms with E-state index in [4.69, 9.17) is 9.47 Å². The Labute approximate surface area is 206 Å². The Balaban J connectivity index is 1.88. The molecular weight excluding hydrogens is 448 g/mol. The van der Waals surface area contributed by atoms with Gasteiger partial charge < -0.3 is 29.9 Å². The molecule has 0 saturated heterocycles. The maximum absolute atomic E-state index is 13.3. The molecule has 2 aromatic rings. The summed E-state index contributed by atoms with van der Waals surface area (Å²) in [5.41, 5.74) is 1.50. The first kappa shape index (κ1) is 26.0. The molecule has 0 saturated carbocycles. The second kappa shape index (κ2) is 11.7. The molecule has 188 valence electrons. The van der Waals surface area contributed by atoms with Crippen molar-refractivity contribution in [3.8, 4) is 5.75 Å². The molecule has 0 aliphatic carbocycles. The second-order valence-corrected chi connectivity index (χ2v) is 8.92. The fraction of sp³-hybridized carbons (Fsp3) is 0.423. The van der Waals surface area contributed by atoms with Crippen LogP contribution in [-0.4, -0.2) is 73.6 Å². The number of likely N-dealkylation sites (N-methyl/N-ethyl adjacent to an activating group) is 1. The van der Waals surface area contributed by atoms with E-state index in [0.717, 1.165) is 0 Å². The Morgan fingerprint density at radius 1 is 1.03 bits per heavy atom. The zero-order chi connectivity index (χ0) is 25.5. The molecule has 3 atom stereocenters. The number of ether oxygens (including phenoxy) is 2. The summed E-state index contributed by atoms with van der Waals surface area (Å²) in [6.07, 6.45) is -0.246. The van der Waals surface area contributed by atoms with Crippen molar-refractivity contribution in [1.82, 2.24) is 9.80 Å². The van der Waals surface area contributed by atoms with E-state index in [1.807, 2.05) is 32.0 Å². The quantitative estimate of drug-likeness (QED) is 0.695. The highest BCUT2D eigenvalue weighted by molar-refractivity contribution is 6.01. The van der Waals surface area contributed by atoms with Gasteiger partial charge in [0.2, 0.25) is 5.91 Å². The molecule has 0 radical (unpaired) electrons. The topological polar surface area (TPSA) is 100 Å². The Morgan fingerprint density at radius 2 is 1.71 bits per heavy atom. The first-order chi connectivity index (χ1) is 16.7. The van der Waals surface area contributed by atoms with E-state index in [-0.39, 0.29) is 36.5 Å². The molecule has 2 aromatic carbocycles. The van der Waals surface area contributed by atoms with Crippen molar-refractivity contribution in [2.45, 2.75) is 32.9 Å². The normalized spacial score (nSPS) is 21.2. The SMILES string of the molecule is CO[C@H]1CN(C)C(=O)c2ccc(NC(=O)Nc3ccccc3)cc2OC[C@H](C)N(C(C)=O)C[C@H]1C. The summed E-state index contributed by atoms with van der Waals surface area (Å²) in [4.78, 5) is 41.4. The number of hydrogen-bond donors (Lipinski definition) is 2. The van der Waals surface area contributed by atoms with E-state index >= 15 is 0 Å². The zero-order valence-corrected chi connectivity index (χ0v) is 20.9. The number of para-hydroxylation sites is 1.